The van der Waals surface area contributed by atoms with Crippen LogP contribution in [0, 0.1) is 11.8 Å². The van der Waals surface area contributed by atoms with Crippen LogP contribution < -0.4 is 5.32 Å². The fourth-order valence-electron chi connectivity index (χ4n) is 2.00. The Hall–Kier alpha value is -1.40. The summed E-state index contributed by atoms with van der Waals surface area (Å²) in [6, 6.07) is 1.32. The normalized spacial score (nSPS) is 12.2. The van der Waals surface area contributed by atoms with Crippen LogP contribution in [-0.4, -0.2) is 33.7 Å². The Balaban J connectivity index is 2.68. The predicted octanol–water partition coefficient (Wildman–Crippen LogP) is 2.65. The van der Waals surface area contributed by atoms with Crippen LogP contribution in [0.3, 0.4) is 0 Å². The Morgan fingerprint density at radius 1 is 1.33 bits per heavy atom. The van der Waals surface area contributed by atoms with Crippen LogP contribution in [0.4, 0.5) is 0 Å². The third-order valence-corrected chi connectivity index (χ3v) is 3.25. The molecule has 1 amide bonds. The molecule has 116 valence electrons. The summed E-state index contributed by atoms with van der Waals surface area (Å²) in [5.74, 6) is -1.14. The van der Waals surface area contributed by atoms with E-state index in [-0.39, 0.29) is 34.8 Å². The molecule has 0 saturated carbocycles. The van der Waals surface area contributed by atoms with E-state index in [0.29, 0.717) is 12.3 Å². The molecular weight excluding hydrogens is 317 g/mol. The zero-order chi connectivity index (χ0) is 16.0. The molecule has 6 nitrogen and oxygen atoms in total. The van der Waals surface area contributed by atoms with Crippen LogP contribution >= 0.6 is 23.2 Å². The van der Waals surface area contributed by atoms with Gasteiger partial charge in [-0.2, -0.15) is 0 Å². The van der Waals surface area contributed by atoms with Gasteiger partial charge in [-0.25, -0.2) is 0 Å². The third kappa shape index (κ3) is 6.27. The zero-order valence-corrected chi connectivity index (χ0v) is 13.3. The molecule has 2 N–H and O–H groups in total. The molecule has 1 aromatic rings. The second-order valence-electron chi connectivity index (χ2n) is 5.18. The van der Waals surface area contributed by atoms with E-state index in [2.05, 4.69) is 15.5 Å². The van der Waals surface area contributed by atoms with Crippen LogP contribution in [-0.2, 0) is 4.79 Å². The highest BCUT2D eigenvalue weighted by Crippen LogP contribution is 2.17. The number of amides is 1. The number of carboxylic acids is 1. The van der Waals surface area contributed by atoms with Gasteiger partial charge in [-0.15, -0.1) is 10.2 Å². The second kappa shape index (κ2) is 8.14. The topological polar surface area (TPSA) is 92.2 Å². The van der Waals surface area contributed by atoms with E-state index in [4.69, 9.17) is 28.3 Å². The van der Waals surface area contributed by atoms with Gasteiger partial charge in [-0.1, -0.05) is 37.0 Å². The molecule has 21 heavy (non-hydrogen) atoms. The Morgan fingerprint density at radius 3 is 2.57 bits per heavy atom. The first-order valence-corrected chi connectivity index (χ1v) is 7.24. The highest BCUT2D eigenvalue weighted by molar-refractivity contribution is 6.34. The molecule has 0 spiro atoms. The Bertz CT molecular complexity index is 523. The number of hydrogen-bond donors (Lipinski definition) is 2. The number of hydrogen-bond acceptors (Lipinski definition) is 4. The summed E-state index contributed by atoms with van der Waals surface area (Å²) in [5.41, 5.74) is 0.121. The van der Waals surface area contributed by atoms with Crippen molar-refractivity contribution >= 4 is 35.1 Å². The number of carbonyl (C=O) groups is 2. The van der Waals surface area contributed by atoms with E-state index in [1.807, 2.05) is 13.8 Å². The molecule has 0 radical (unpaired) electrons. The number of nitrogens with zero attached hydrogens (tertiary/aromatic N) is 2. The van der Waals surface area contributed by atoms with Gasteiger partial charge in [0.1, 0.15) is 0 Å². The van der Waals surface area contributed by atoms with E-state index in [0.717, 1.165) is 0 Å². The van der Waals surface area contributed by atoms with Gasteiger partial charge < -0.3 is 10.4 Å². The summed E-state index contributed by atoms with van der Waals surface area (Å²) in [7, 11) is 0. The quantitative estimate of drug-likeness (QED) is 0.800. The van der Waals surface area contributed by atoms with Crippen LogP contribution in [0.25, 0.3) is 0 Å². The molecule has 0 fully saturated rings. The van der Waals surface area contributed by atoms with Crippen molar-refractivity contribution in [1.29, 1.82) is 0 Å². The van der Waals surface area contributed by atoms with Gasteiger partial charge in [0.05, 0.1) is 5.56 Å². The monoisotopic (exact) mass is 333 g/mol. The van der Waals surface area contributed by atoms with Crippen molar-refractivity contribution in [3.63, 3.8) is 0 Å². The van der Waals surface area contributed by atoms with Crippen molar-refractivity contribution in [1.82, 2.24) is 15.5 Å². The molecule has 8 heteroatoms. The maximum atomic E-state index is 12.0. The number of halogens is 2. The molecule has 0 aromatic carbocycles. The van der Waals surface area contributed by atoms with Crippen LogP contribution in [0.15, 0.2) is 6.07 Å². The van der Waals surface area contributed by atoms with Crippen molar-refractivity contribution in [2.24, 2.45) is 11.8 Å². The van der Waals surface area contributed by atoms with E-state index in [1.165, 1.54) is 6.07 Å². The summed E-state index contributed by atoms with van der Waals surface area (Å²) >= 11 is 11.5. The average Bonchev–Trinajstić information content (AvgIpc) is 2.37. The fourth-order valence-corrected chi connectivity index (χ4v) is 2.32. The first kappa shape index (κ1) is 17.7. The average molecular weight is 334 g/mol. The Morgan fingerprint density at radius 2 is 2.00 bits per heavy atom. The van der Waals surface area contributed by atoms with Gasteiger partial charge in [0.15, 0.2) is 10.3 Å². The third-order valence-electron chi connectivity index (χ3n) is 2.78. The standard InChI is InChI=1S/C13H17Cl2N3O3/c1-7(2)3-8(4-11(19)20)6-16-13(21)9-5-10(14)17-18-12(9)15/h5,7-8H,3-4,6H2,1-2H3,(H,16,21)(H,19,20)/t8-/m0/s1. The smallest absolute Gasteiger partial charge is 0.303 e. The molecule has 0 saturated heterocycles. The number of carbonyl (C=O) groups excluding carboxylic acids is 1. The SMILES string of the molecule is CC(C)C[C@H](CNC(=O)c1cc(Cl)nnc1Cl)CC(=O)O. The lowest BCUT2D eigenvalue weighted by molar-refractivity contribution is -0.138. The molecule has 1 heterocycles. The predicted molar refractivity (Wildman–Crippen MR) is 79.6 cm³/mol. The van der Waals surface area contributed by atoms with Crippen molar-refractivity contribution in [2.75, 3.05) is 6.54 Å². The lowest BCUT2D eigenvalue weighted by atomic mass is 9.94. The first-order chi connectivity index (χ1) is 9.79. The summed E-state index contributed by atoms with van der Waals surface area (Å²) in [5, 5.41) is 18.6. The molecule has 1 aromatic heterocycles. The molecule has 1 rings (SSSR count). The van der Waals surface area contributed by atoms with Gasteiger partial charge in [-0.05, 0) is 24.3 Å². The maximum Gasteiger partial charge on any atom is 0.303 e. The van der Waals surface area contributed by atoms with Crippen LogP contribution in [0.1, 0.15) is 37.0 Å². The van der Waals surface area contributed by atoms with Gasteiger partial charge >= 0.3 is 5.97 Å². The Kier molecular flexibility index (Phi) is 6.84. The van der Waals surface area contributed by atoms with Crippen molar-refractivity contribution in [3.05, 3.63) is 21.9 Å². The van der Waals surface area contributed by atoms with Gasteiger partial charge in [0.2, 0.25) is 0 Å². The number of nitrogens with one attached hydrogen (secondary N) is 1. The first-order valence-electron chi connectivity index (χ1n) is 6.48. The minimum absolute atomic E-state index is 0.00153. The molecule has 0 bridgehead atoms. The highest BCUT2D eigenvalue weighted by atomic mass is 35.5. The van der Waals surface area contributed by atoms with Crippen molar-refractivity contribution < 1.29 is 14.7 Å². The van der Waals surface area contributed by atoms with Gasteiger partial charge in [0.25, 0.3) is 5.91 Å². The largest absolute Gasteiger partial charge is 0.481 e. The number of aliphatic carboxylic acids is 1. The molecular formula is C13H17Cl2N3O3. The molecule has 0 aliphatic rings. The lowest BCUT2D eigenvalue weighted by Crippen LogP contribution is -2.31. The van der Waals surface area contributed by atoms with Gasteiger partial charge in [-0.3, -0.25) is 9.59 Å². The minimum atomic E-state index is -0.887. The van der Waals surface area contributed by atoms with Crippen molar-refractivity contribution in [3.8, 4) is 0 Å². The zero-order valence-electron chi connectivity index (χ0n) is 11.8. The molecule has 1 atom stereocenters. The summed E-state index contributed by atoms with van der Waals surface area (Å²) in [6.07, 6.45) is 0.706. The number of rotatable bonds is 7. The second-order valence-corrected chi connectivity index (χ2v) is 5.92. The molecule has 0 aliphatic heterocycles. The minimum Gasteiger partial charge on any atom is -0.481 e. The van der Waals surface area contributed by atoms with E-state index in [1.54, 1.807) is 0 Å². The maximum absolute atomic E-state index is 12.0. The molecule has 0 unspecified atom stereocenters. The van der Waals surface area contributed by atoms with Crippen LogP contribution in [0.5, 0.6) is 0 Å². The fraction of sp³-hybridized carbons (Fsp3) is 0.538. The number of aromatic nitrogens is 2. The molecule has 0 aliphatic carbocycles. The van der Waals surface area contributed by atoms with Crippen molar-refractivity contribution in [2.45, 2.75) is 26.7 Å². The van der Waals surface area contributed by atoms with Crippen LogP contribution in [0.2, 0.25) is 10.3 Å². The highest BCUT2D eigenvalue weighted by Gasteiger charge is 2.18. The van der Waals surface area contributed by atoms with E-state index >= 15 is 0 Å². The van der Waals surface area contributed by atoms with E-state index in [9.17, 15) is 9.59 Å². The summed E-state index contributed by atoms with van der Waals surface area (Å²) < 4.78 is 0. The Labute approximate surface area is 132 Å². The number of carboxylic acid groups (broad SMARTS) is 1. The lowest BCUT2D eigenvalue weighted by Gasteiger charge is -2.17. The van der Waals surface area contributed by atoms with E-state index < -0.39 is 11.9 Å². The van der Waals surface area contributed by atoms with Gasteiger partial charge in [0, 0.05) is 13.0 Å². The summed E-state index contributed by atoms with van der Waals surface area (Å²) in [4.78, 5) is 22.9. The summed E-state index contributed by atoms with van der Waals surface area (Å²) in [6.45, 7) is 4.25.